The zero-order valence-electron chi connectivity index (χ0n) is 7.60. The van der Waals surface area contributed by atoms with Crippen LogP contribution in [0.15, 0.2) is 30.3 Å². The Morgan fingerprint density at radius 2 is 1.92 bits per heavy atom. The van der Waals surface area contributed by atoms with E-state index in [9.17, 15) is 4.79 Å². The van der Waals surface area contributed by atoms with Gasteiger partial charge in [-0.3, -0.25) is 4.79 Å². The molecule has 3 N–H and O–H groups in total. The van der Waals surface area contributed by atoms with E-state index in [4.69, 9.17) is 10.8 Å². The summed E-state index contributed by atoms with van der Waals surface area (Å²) >= 11 is 0. The molecule has 0 amide bonds. The average Bonchev–Trinajstić information content (AvgIpc) is 2.06. The van der Waals surface area contributed by atoms with E-state index >= 15 is 0 Å². The van der Waals surface area contributed by atoms with Gasteiger partial charge in [-0.15, -0.1) is 0 Å². The number of benzene rings is 1. The predicted octanol–water partition coefficient (Wildman–Crippen LogP) is 0.260. The summed E-state index contributed by atoms with van der Waals surface area (Å²) in [6, 6.07) is 8.54. The van der Waals surface area contributed by atoms with Gasteiger partial charge in [0.05, 0.1) is 0 Å². The van der Waals surface area contributed by atoms with Gasteiger partial charge in [0, 0.05) is 18.9 Å². The minimum absolute atomic E-state index is 0. The van der Waals surface area contributed by atoms with Crippen molar-refractivity contribution in [1.82, 2.24) is 0 Å². The number of carbonyl (C=O) groups is 1. The van der Waals surface area contributed by atoms with Gasteiger partial charge in [0.15, 0.2) is 0 Å². The second-order valence-electron chi connectivity index (χ2n) is 2.63. The van der Waals surface area contributed by atoms with Crippen LogP contribution in [0.4, 0.5) is 0 Å². The van der Waals surface area contributed by atoms with Crippen LogP contribution < -0.4 is 5.73 Å². The number of carboxylic acids is 1. The molecule has 0 unspecified atom stereocenters. The van der Waals surface area contributed by atoms with E-state index in [0.717, 1.165) is 5.56 Å². The Morgan fingerprint density at radius 1 is 1.38 bits per heavy atom. The average molecular weight is 172 g/mol. The topological polar surface area (TPSA) is 63.3 Å². The van der Waals surface area contributed by atoms with Gasteiger partial charge in [-0.1, -0.05) is 30.3 Å². The van der Waals surface area contributed by atoms with Crippen LogP contribution in [0.2, 0.25) is 0 Å². The molecule has 1 rings (SSSR count). The van der Waals surface area contributed by atoms with Crippen molar-refractivity contribution in [1.29, 1.82) is 0 Å². The van der Waals surface area contributed by atoms with Crippen LogP contribution in [0.25, 0.3) is 0 Å². The van der Waals surface area contributed by atoms with Crippen LogP contribution in [0.3, 0.4) is 0 Å². The maximum absolute atomic E-state index is 10.4. The molecular formula is C9H11LiNO2. The smallest absolute Gasteiger partial charge is 0.320 e. The van der Waals surface area contributed by atoms with E-state index < -0.39 is 12.0 Å². The summed E-state index contributed by atoms with van der Waals surface area (Å²) in [6.07, 6.45) is 0.385. The van der Waals surface area contributed by atoms with Crippen LogP contribution in [0.5, 0.6) is 0 Å². The molecule has 0 bridgehead atoms. The third kappa shape index (κ3) is 4.14. The number of carboxylic acid groups (broad SMARTS) is 1. The minimum atomic E-state index is -0.959. The first-order valence-electron chi connectivity index (χ1n) is 3.72. The monoisotopic (exact) mass is 172 g/mol. The van der Waals surface area contributed by atoms with Crippen molar-refractivity contribution in [3.8, 4) is 0 Å². The first-order chi connectivity index (χ1) is 5.70. The SMILES string of the molecule is N[C@@H](Cc1ccccc1)C(=O)O.[Li]. The number of hydrogen-bond donors (Lipinski definition) is 2. The third-order valence-electron chi connectivity index (χ3n) is 1.62. The first kappa shape index (κ1) is 12.2. The maximum Gasteiger partial charge on any atom is 0.320 e. The van der Waals surface area contributed by atoms with Crippen molar-refractivity contribution in [3.63, 3.8) is 0 Å². The normalized spacial score (nSPS) is 11.5. The Kier molecular flexibility index (Phi) is 5.48. The molecule has 1 aromatic rings. The largest absolute Gasteiger partial charge is 0.480 e. The predicted molar refractivity (Wildman–Crippen MR) is 51.5 cm³/mol. The molecule has 4 heteroatoms. The molecule has 1 atom stereocenters. The first-order valence-corrected chi connectivity index (χ1v) is 3.72. The Labute approximate surface area is 89.1 Å². The zero-order chi connectivity index (χ0) is 8.97. The standard InChI is InChI=1S/C9H11NO2.Li/c10-8(9(11)12)6-7-4-2-1-3-5-7;/h1-5,8H,6,10H2,(H,11,12);/t8-;/m0./s1. The zero-order valence-corrected chi connectivity index (χ0v) is 7.60. The summed E-state index contributed by atoms with van der Waals surface area (Å²) in [5.41, 5.74) is 6.30. The molecule has 1 radical (unpaired) electrons. The van der Waals surface area contributed by atoms with Crippen molar-refractivity contribution in [2.45, 2.75) is 12.5 Å². The Bertz CT molecular complexity index is 264. The summed E-state index contributed by atoms with van der Waals surface area (Å²) in [7, 11) is 0. The molecule has 3 nitrogen and oxygen atoms in total. The van der Waals surface area contributed by atoms with E-state index in [1.165, 1.54) is 0 Å². The second kappa shape index (κ2) is 5.82. The van der Waals surface area contributed by atoms with E-state index in [0.29, 0.717) is 6.42 Å². The van der Waals surface area contributed by atoms with Gasteiger partial charge in [-0.05, 0) is 12.0 Å². The van der Waals surface area contributed by atoms with Gasteiger partial charge in [0.2, 0.25) is 0 Å². The second-order valence-corrected chi connectivity index (χ2v) is 2.63. The van der Waals surface area contributed by atoms with Crippen molar-refractivity contribution in [2.75, 3.05) is 0 Å². The minimum Gasteiger partial charge on any atom is -0.480 e. The fourth-order valence-corrected chi connectivity index (χ4v) is 0.955. The Hall–Kier alpha value is -0.753. The molecule has 0 fully saturated rings. The number of hydrogen-bond acceptors (Lipinski definition) is 2. The van der Waals surface area contributed by atoms with Gasteiger partial charge in [-0.2, -0.15) is 0 Å². The van der Waals surface area contributed by atoms with Gasteiger partial charge >= 0.3 is 5.97 Å². The molecule has 13 heavy (non-hydrogen) atoms. The van der Waals surface area contributed by atoms with E-state index in [1.54, 1.807) is 0 Å². The molecular weight excluding hydrogens is 161 g/mol. The van der Waals surface area contributed by atoms with Crippen LogP contribution >= 0.6 is 0 Å². The van der Waals surface area contributed by atoms with Crippen molar-refractivity contribution in [3.05, 3.63) is 35.9 Å². The van der Waals surface area contributed by atoms with Crippen LogP contribution in [-0.4, -0.2) is 36.0 Å². The molecule has 0 spiro atoms. The fraction of sp³-hybridized carbons (Fsp3) is 0.222. The molecule has 0 saturated carbocycles. The van der Waals surface area contributed by atoms with Crippen molar-refractivity contribution >= 4 is 24.8 Å². The molecule has 0 aliphatic carbocycles. The molecule has 0 aliphatic rings. The van der Waals surface area contributed by atoms with Crippen LogP contribution in [0.1, 0.15) is 5.56 Å². The van der Waals surface area contributed by atoms with E-state index in [1.807, 2.05) is 30.3 Å². The summed E-state index contributed by atoms with van der Waals surface area (Å²) < 4.78 is 0. The summed E-state index contributed by atoms with van der Waals surface area (Å²) in [5.74, 6) is -0.959. The number of rotatable bonds is 3. The molecule has 0 aromatic heterocycles. The maximum atomic E-state index is 10.4. The molecule has 65 valence electrons. The Balaban J connectivity index is 0.00000144. The third-order valence-corrected chi connectivity index (χ3v) is 1.62. The quantitative estimate of drug-likeness (QED) is 0.643. The van der Waals surface area contributed by atoms with Crippen LogP contribution in [0, 0.1) is 0 Å². The molecule has 0 aliphatic heterocycles. The summed E-state index contributed by atoms with van der Waals surface area (Å²) in [4.78, 5) is 10.4. The molecule has 1 aromatic carbocycles. The van der Waals surface area contributed by atoms with Gasteiger partial charge in [-0.25, -0.2) is 0 Å². The molecule has 0 heterocycles. The summed E-state index contributed by atoms with van der Waals surface area (Å²) in [6.45, 7) is 0. The van der Waals surface area contributed by atoms with Crippen LogP contribution in [-0.2, 0) is 11.2 Å². The van der Waals surface area contributed by atoms with Crippen molar-refractivity contribution in [2.24, 2.45) is 5.73 Å². The number of aliphatic carboxylic acids is 1. The van der Waals surface area contributed by atoms with Crippen molar-refractivity contribution < 1.29 is 9.90 Å². The number of nitrogens with two attached hydrogens (primary N) is 1. The Morgan fingerprint density at radius 3 is 2.38 bits per heavy atom. The fourth-order valence-electron chi connectivity index (χ4n) is 0.955. The summed E-state index contributed by atoms with van der Waals surface area (Å²) in [5, 5.41) is 8.52. The van der Waals surface area contributed by atoms with E-state index in [-0.39, 0.29) is 18.9 Å². The molecule has 0 saturated heterocycles. The van der Waals surface area contributed by atoms with Gasteiger partial charge in [0.25, 0.3) is 0 Å². The van der Waals surface area contributed by atoms with E-state index in [2.05, 4.69) is 0 Å². The van der Waals surface area contributed by atoms with Gasteiger partial charge in [0.1, 0.15) is 6.04 Å². The van der Waals surface area contributed by atoms with Gasteiger partial charge < -0.3 is 10.8 Å².